The zero-order valence-corrected chi connectivity index (χ0v) is 25.2. The molecule has 254 valence electrons. The zero-order chi connectivity index (χ0) is 34.6. The largest absolute Gasteiger partial charge is 0.481 e. The average Bonchev–Trinajstić information content (AvgIpc) is 3.43. The van der Waals surface area contributed by atoms with Crippen molar-refractivity contribution in [2.45, 2.75) is 95.2 Å². The number of likely N-dealkylation sites (tertiary alicyclic amines) is 1. The van der Waals surface area contributed by atoms with Gasteiger partial charge in [-0.3, -0.25) is 33.6 Å². The van der Waals surface area contributed by atoms with Crippen molar-refractivity contribution in [3.63, 3.8) is 0 Å². The minimum atomic E-state index is -1.78. The number of hydrogen-bond acceptors (Lipinski definition) is 11. The number of aliphatic hydroxyl groups is 2. The molecule has 0 aromatic rings. The van der Waals surface area contributed by atoms with Gasteiger partial charge in [-0.1, -0.05) is 13.8 Å². The Bertz CT molecular complexity index is 1130. The molecule has 0 aromatic heterocycles. The number of rotatable bonds is 18. The van der Waals surface area contributed by atoms with Gasteiger partial charge in [0.15, 0.2) is 0 Å². The fourth-order valence-electron chi connectivity index (χ4n) is 4.51. The van der Waals surface area contributed by atoms with Crippen molar-refractivity contribution in [3.05, 3.63) is 0 Å². The van der Waals surface area contributed by atoms with Crippen molar-refractivity contribution in [1.82, 2.24) is 26.2 Å². The number of aliphatic hydroxyl groups excluding tert-OH is 2. The molecule has 6 amide bonds. The zero-order valence-electron chi connectivity index (χ0n) is 25.2. The predicted octanol–water partition coefficient (Wildman–Crippen LogP) is -4.90. The first-order chi connectivity index (χ1) is 20.9. The molecule has 0 bridgehead atoms. The molecule has 1 aliphatic rings. The molecule has 0 unspecified atom stereocenters. The number of amides is 6. The highest BCUT2D eigenvalue weighted by molar-refractivity contribution is 5.97. The lowest BCUT2D eigenvalue weighted by molar-refractivity contribution is -0.144. The summed E-state index contributed by atoms with van der Waals surface area (Å²) in [6.07, 6.45) is -2.59. The quantitative estimate of drug-likeness (QED) is 0.0669. The van der Waals surface area contributed by atoms with E-state index < -0.39 is 122 Å². The van der Waals surface area contributed by atoms with Crippen LogP contribution < -0.4 is 32.7 Å². The van der Waals surface area contributed by atoms with Crippen LogP contribution in [0.4, 0.5) is 0 Å². The number of aliphatic carboxylic acids is 2. The van der Waals surface area contributed by atoms with E-state index >= 15 is 0 Å². The summed E-state index contributed by atoms with van der Waals surface area (Å²) in [5.41, 5.74) is 10.8. The third-order valence-electron chi connectivity index (χ3n) is 6.97. The van der Waals surface area contributed by atoms with Gasteiger partial charge in [-0.05, 0) is 32.1 Å². The number of nitrogens with zero attached hydrogens (tertiary/aromatic N) is 1. The van der Waals surface area contributed by atoms with Crippen LogP contribution in [0.5, 0.6) is 0 Å². The minimum Gasteiger partial charge on any atom is -0.481 e. The van der Waals surface area contributed by atoms with E-state index in [0.717, 1.165) is 11.8 Å². The number of carboxylic acids is 2. The van der Waals surface area contributed by atoms with Gasteiger partial charge in [0, 0.05) is 13.0 Å². The molecule has 0 aliphatic carbocycles. The molecule has 1 rings (SSSR count). The SMILES string of the molecule is CC(C)[C@H](NC(=O)[C@H](CO)NC(=O)[C@@H](NC(=O)[C@H](CCC(=O)O)NC(=O)[C@@H]1CCCN1C(=O)[C@@H](N)CC(N)=O)[C@@H](C)O)C(=O)O. The van der Waals surface area contributed by atoms with E-state index in [-0.39, 0.29) is 13.0 Å². The normalized spacial score (nSPS) is 18.5. The van der Waals surface area contributed by atoms with Crippen LogP contribution in [0.2, 0.25) is 0 Å². The Labute approximate surface area is 258 Å². The third-order valence-corrected chi connectivity index (χ3v) is 6.97. The molecule has 0 aromatic carbocycles. The van der Waals surface area contributed by atoms with Gasteiger partial charge in [-0.15, -0.1) is 0 Å². The molecular formula is C26H43N7O12. The van der Waals surface area contributed by atoms with Crippen LogP contribution in [-0.2, 0) is 38.4 Å². The van der Waals surface area contributed by atoms with Gasteiger partial charge in [0.2, 0.25) is 35.4 Å². The number of carboxylic acid groups (broad SMARTS) is 2. The Hall–Kier alpha value is -4.36. The van der Waals surface area contributed by atoms with Crippen LogP contribution in [0.1, 0.15) is 52.9 Å². The van der Waals surface area contributed by atoms with E-state index in [1.165, 1.54) is 13.8 Å². The number of carbonyl (C=O) groups excluding carboxylic acids is 6. The summed E-state index contributed by atoms with van der Waals surface area (Å²) < 4.78 is 0. The van der Waals surface area contributed by atoms with Crippen LogP contribution in [0.3, 0.4) is 0 Å². The monoisotopic (exact) mass is 645 g/mol. The first kappa shape index (κ1) is 38.7. The van der Waals surface area contributed by atoms with Gasteiger partial charge in [-0.2, -0.15) is 0 Å². The Morgan fingerprint density at radius 2 is 1.44 bits per heavy atom. The number of nitrogens with two attached hydrogens (primary N) is 2. The molecule has 1 fully saturated rings. The third kappa shape index (κ3) is 11.9. The highest BCUT2D eigenvalue weighted by Gasteiger charge is 2.39. The van der Waals surface area contributed by atoms with Gasteiger partial charge in [-0.25, -0.2) is 4.79 Å². The van der Waals surface area contributed by atoms with Crippen molar-refractivity contribution in [2.75, 3.05) is 13.2 Å². The highest BCUT2D eigenvalue weighted by Crippen LogP contribution is 2.19. The minimum absolute atomic E-state index is 0.115. The Morgan fingerprint density at radius 1 is 0.867 bits per heavy atom. The number of nitrogens with one attached hydrogen (secondary N) is 4. The van der Waals surface area contributed by atoms with E-state index in [4.69, 9.17) is 16.6 Å². The molecule has 1 saturated heterocycles. The summed E-state index contributed by atoms with van der Waals surface area (Å²) in [4.78, 5) is 99.5. The molecule has 7 atom stereocenters. The highest BCUT2D eigenvalue weighted by atomic mass is 16.4. The van der Waals surface area contributed by atoms with Gasteiger partial charge >= 0.3 is 11.9 Å². The standard InChI is InChI=1S/C26H43N7O12/c1-11(2)19(26(44)45)31-22(40)15(10-34)30-24(42)20(12(3)35)32-21(39)14(6-7-18(37)38)29-23(41)16-5-4-8-33(16)25(43)13(27)9-17(28)36/h11-16,19-20,34-35H,4-10,27H2,1-3H3,(H2,28,36)(H,29,41)(H,30,42)(H,31,40)(H,32,39)(H,37,38)(H,44,45)/t12-,13+,14+,15+,16+,19+,20+/m1/s1. The second-order valence-corrected chi connectivity index (χ2v) is 11.0. The van der Waals surface area contributed by atoms with Crippen LogP contribution >= 0.6 is 0 Å². The Kier molecular flexibility index (Phi) is 15.3. The molecule has 0 spiro atoms. The summed E-state index contributed by atoms with van der Waals surface area (Å²) in [7, 11) is 0. The van der Waals surface area contributed by atoms with Crippen LogP contribution in [-0.4, -0.2) is 128 Å². The lowest BCUT2D eigenvalue weighted by Gasteiger charge is -2.29. The first-order valence-electron chi connectivity index (χ1n) is 14.2. The maximum Gasteiger partial charge on any atom is 0.326 e. The average molecular weight is 646 g/mol. The molecule has 1 heterocycles. The molecule has 45 heavy (non-hydrogen) atoms. The molecule has 19 heteroatoms. The van der Waals surface area contributed by atoms with Gasteiger partial charge < -0.3 is 58.1 Å². The van der Waals surface area contributed by atoms with Crippen molar-refractivity contribution < 1.29 is 58.8 Å². The number of carbonyl (C=O) groups is 8. The molecule has 0 radical (unpaired) electrons. The topological polar surface area (TPSA) is 321 Å². The molecule has 0 saturated carbocycles. The van der Waals surface area contributed by atoms with Crippen LogP contribution in [0.15, 0.2) is 0 Å². The van der Waals surface area contributed by atoms with E-state index in [1.54, 1.807) is 0 Å². The van der Waals surface area contributed by atoms with Crippen molar-refractivity contribution >= 4 is 47.4 Å². The molecule has 12 N–H and O–H groups in total. The van der Waals surface area contributed by atoms with Gasteiger partial charge in [0.1, 0.15) is 30.2 Å². The predicted molar refractivity (Wildman–Crippen MR) is 152 cm³/mol. The second kappa shape index (κ2) is 17.8. The van der Waals surface area contributed by atoms with Gasteiger partial charge in [0.25, 0.3) is 0 Å². The maximum absolute atomic E-state index is 13.2. The number of hydrogen-bond donors (Lipinski definition) is 10. The molecular weight excluding hydrogens is 602 g/mol. The van der Waals surface area contributed by atoms with Crippen molar-refractivity contribution in [1.29, 1.82) is 0 Å². The smallest absolute Gasteiger partial charge is 0.326 e. The molecule has 1 aliphatic heterocycles. The fraction of sp³-hybridized carbons (Fsp3) is 0.692. The summed E-state index contributed by atoms with van der Waals surface area (Å²) >= 11 is 0. The Morgan fingerprint density at radius 3 is 1.93 bits per heavy atom. The van der Waals surface area contributed by atoms with Gasteiger partial charge in [0.05, 0.1) is 25.2 Å². The van der Waals surface area contributed by atoms with Crippen molar-refractivity contribution in [2.24, 2.45) is 17.4 Å². The van der Waals surface area contributed by atoms with E-state index in [1.807, 2.05) is 0 Å². The maximum atomic E-state index is 13.2. The summed E-state index contributed by atoms with van der Waals surface area (Å²) in [5, 5.41) is 47.2. The summed E-state index contributed by atoms with van der Waals surface area (Å²) in [6, 6.07) is -8.79. The second-order valence-electron chi connectivity index (χ2n) is 11.0. The lowest BCUT2D eigenvalue weighted by Crippen LogP contribution is -2.62. The Balaban J connectivity index is 3.09. The van der Waals surface area contributed by atoms with E-state index in [2.05, 4.69) is 21.3 Å². The molecule has 19 nitrogen and oxygen atoms in total. The fourth-order valence-corrected chi connectivity index (χ4v) is 4.51. The van der Waals surface area contributed by atoms with E-state index in [9.17, 15) is 53.7 Å². The van der Waals surface area contributed by atoms with E-state index in [0.29, 0.717) is 6.42 Å². The lowest BCUT2D eigenvalue weighted by atomic mass is 10.0. The first-order valence-corrected chi connectivity index (χ1v) is 14.2. The van der Waals surface area contributed by atoms with Crippen LogP contribution in [0, 0.1) is 5.92 Å². The number of primary amides is 1. The van der Waals surface area contributed by atoms with Crippen LogP contribution in [0.25, 0.3) is 0 Å². The van der Waals surface area contributed by atoms with Crippen molar-refractivity contribution in [3.8, 4) is 0 Å². The summed E-state index contributed by atoms with van der Waals surface area (Å²) in [5.74, 6) is -8.94. The summed E-state index contributed by atoms with van der Waals surface area (Å²) in [6.45, 7) is 3.29.